The zero-order chi connectivity index (χ0) is 21.3. The van der Waals surface area contributed by atoms with Crippen molar-refractivity contribution in [3.8, 4) is 11.5 Å². The Morgan fingerprint density at radius 1 is 1.30 bits per heavy atom. The van der Waals surface area contributed by atoms with E-state index in [4.69, 9.17) is 14.5 Å². The van der Waals surface area contributed by atoms with Crippen LogP contribution in [0.15, 0.2) is 23.0 Å². The Morgan fingerprint density at radius 2 is 2.07 bits per heavy atom. The minimum Gasteiger partial charge on any atom is -0.504 e. The second-order valence-corrected chi connectivity index (χ2v) is 8.17. The maximum absolute atomic E-state index is 12.7. The van der Waals surface area contributed by atoms with Gasteiger partial charge in [-0.1, -0.05) is 6.07 Å². The second-order valence-electron chi connectivity index (χ2n) is 8.17. The van der Waals surface area contributed by atoms with Gasteiger partial charge in [-0.25, -0.2) is 4.98 Å². The van der Waals surface area contributed by atoms with Crippen molar-refractivity contribution in [1.29, 1.82) is 0 Å². The molecule has 162 valence electrons. The van der Waals surface area contributed by atoms with Gasteiger partial charge in [-0.15, -0.1) is 0 Å². The van der Waals surface area contributed by atoms with E-state index in [0.29, 0.717) is 50.9 Å². The number of nitrogens with zero attached hydrogens (tertiary/aromatic N) is 3. The quantitative estimate of drug-likeness (QED) is 0.774. The molecule has 4 rings (SSSR count). The molecule has 8 heteroatoms. The van der Waals surface area contributed by atoms with E-state index >= 15 is 0 Å². The molecular weight excluding hydrogens is 384 g/mol. The number of aromatic nitrogens is 2. The predicted octanol–water partition coefficient (Wildman–Crippen LogP) is 2.05. The van der Waals surface area contributed by atoms with Gasteiger partial charge in [0, 0.05) is 38.3 Å². The summed E-state index contributed by atoms with van der Waals surface area (Å²) in [4.78, 5) is 24.9. The number of hydrogen-bond donors (Lipinski definition) is 2. The Balaban J connectivity index is 1.52. The van der Waals surface area contributed by atoms with Crippen LogP contribution in [0, 0.1) is 0 Å². The molecule has 1 aromatic carbocycles. The molecule has 0 spiro atoms. The molecule has 0 saturated carbocycles. The van der Waals surface area contributed by atoms with Crippen molar-refractivity contribution in [1.82, 2.24) is 14.9 Å². The summed E-state index contributed by atoms with van der Waals surface area (Å²) in [6.45, 7) is 10.00. The molecule has 0 aliphatic carbocycles. The Kier molecular flexibility index (Phi) is 5.97. The van der Waals surface area contributed by atoms with E-state index in [1.165, 1.54) is 0 Å². The van der Waals surface area contributed by atoms with E-state index in [9.17, 15) is 9.90 Å². The van der Waals surface area contributed by atoms with Crippen LogP contribution in [0.2, 0.25) is 0 Å². The number of nitrogens with one attached hydrogen (secondary N) is 1. The third-order valence-electron chi connectivity index (χ3n) is 5.59. The number of ether oxygens (including phenoxy) is 2. The fraction of sp³-hybridized carbons (Fsp3) is 0.545. The van der Waals surface area contributed by atoms with Gasteiger partial charge in [0.15, 0.2) is 11.5 Å². The van der Waals surface area contributed by atoms with Crippen LogP contribution in [0.5, 0.6) is 11.5 Å². The first-order chi connectivity index (χ1) is 14.4. The normalized spacial score (nSPS) is 22.0. The van der Waals surface area contributed by atoms with Crippen molar-refractivity contribution in [2.75, 3.05) is 31.1 Å². The van der Waals surface area contributed by atoms with Gasteiger partial charge in [-0.05, 0) is 44.9 Å². The van der Waals surface area contributed by atoms with Gasteiger partial charge in [0.05, 0.1) is 24.5 Å². The summed E-state index contributed by atoms with van der Waals surface area (Å²) in [6.07, 6.45) is 0.866. The van der Waals surface area contributed by atoms with Crippen molar-refractivity contribution in [3.05, 3.63) is 45.4 Å². The number of aromatic amines is 1. The van der Waals surface area contributed by atoms with E-state index in [1.807, 2.05) is 32.9 Å². The molecule has 2 aliphatic heterocycles. The first-order valence-corrected chi connectivity index (χ1v) is 10.6. The highest BCUT2D eigenvalue weighted by Gasteiger charge is 2.27. The highest BCUT2D eigenvalue weighted by Crippen LogP contribution is 2.28. The summed E-state index contributed by atoms with van der Waals surface area (Å²) in [5, 5.41) is 9.92. The van der Waals surface area contributed by atoms with Crippen molar-refractivity contribution in [2.24, 2.45) is 0 Å². The number of aromatic hydroxyl groups is 1. The van der Waals surface area contributed by atoms with Crippen LogP contribution in [-0.4, -0.2) is 58.4 Å². The monoisotopic (exact) mass is 414 g/mol. The van der Waals surface area contributed by atoms with E-state index in [1.54, 1.807) is 6.07 Å². The van der Waals surface area contributed by atoms with Crippen LogP contribution in [-0.2, 0) is 24.2 Å². The summed E-state index contributed by atoms with van der Waals surface area (Å²) in [5.41, 5.74) is 2.64. The molecule has 0 amide bonds. The van der Waals surface area contributed by atoms with Gasteiger partial charge in [0.1, 0.15) is 0 Å². The molecular formula is C22H30N4O4. The highest BCUT2D eigenvalue weighted by atomic mass is 16.5. The van der Waals surface area contributed by atoms with Crippen LogP contribution in [0.1, 0.15) is 37.6 Å². The minimum atomic E-state index is -0.0373. The largest absolute Gasteiger partial charge is 0.504 e. The second kappa shape index (κ2) is 8.65. The van der Waals surface area contributed by atoms with Gasteiger partial charge >= 0.3 is 0 Å². The van der Waals surface area contributed by atoms with Gasteiger partial charge in [0.25, 0.3) is 5.56 Å². The maximum Gasteiger partial charge on any atom is 0.255 e. The summed E-state index contributed by atoms with van der Waals surface area (Å²) in [6, 6.07) is 5.45. The third-order valence-corrected chi connectivity index (χ3v) is 5.59. The number of fused-ring (bicyclic) bond motifs is 1. The summed E-state index contributed by atoms with van der Waals surface area (Å²) in [7, 11) is 0. The number of benzene rings is 1. The van der Waals surface area contributed by atoms with Crippen molar-refractivity contribution >= 4 is 5.95 Å². The van der Waals surface area contributed by atoms with Crippen LogP contribution in [0.25, 0.3) is 0 Å². The number of phenolic OH excluding ortho intramolecular Hbond substituents is 1. The maximum atomic E-state index is 12.7. The highest BCUT2D eigenvalue weighted by molar-refractivity contribution is 5.42. The summed E-state index contributed by atoms with van der Waals surface area (Å²) < 4.78 is 11.3. The molecule has 8 nitrogen and oxygen atoms in total. The third kappa shape index (κ3) is 4.44. The van der Waals surface area contributed by atoms with Gasteiger partial charge in [-0.3, -0.25) is 14.7 Å². The topological polar surface area (TPSA) is 90.9 Å². The van der Waals surface area contributed by atoms with Crippen LogP contribution in [0.3, 0.4) is 0 Å². The number of hydrogen-bond acceptors (Lipinski definition) is 7. The molecule has 2 aliphatic rings. The Bertz CT molecular complexity index is 951. The van der Waals surface area contributed by atoms with E-state index in [2.05, 4.69) is 14.8 Å². The molecule has 1 saturated heterocycles. The van der Waals surface area contributed by atoms with Gasteiger partial charge < -0.3 is 19.5 Å². The molecule has 1 aromatic heterocycles. The average molecular weight is 415 g/mol. The standard InChI is InChI=1S/C22H30N4O4/c1-4-29-20-9-16(5-6-19(20)27)12-25-8-7-17-18(13-25)23-22(24-21(17)28)26-10-14(2)30-15(3)11-26/h5-6,9,14-15,27H,4,7-8,10-13H2,1-3H3,(H,23,24,28)/t14-,15-/m1/s1. The predicted molar refractivity (Wildman–Crippen MR) is 114 cm³/mol. The zero-order valence-electron chi connectivity index (χ0n) is 17.9. The Morgan fingerprint density at radius 3 is 2.80 bits per heavy atom. The van der Waals surface area contributed by atoms with Crippen molar-refractivity contribution in [2.45, 2.75) is 52.5 Å². The van der Waals surface area contributed by atoms with Crippen LogP contribution in [0.4, 0.5) is 5.95 Å². The Hall–Kier alpha value is -2.58. The van der Waals surface area contributed by atoms with Crippen molar-refractivity contribution < 1.29 is 14.6 Å². The molecule has 30 heavy (non-hydrogen) atoms. The summed E-state index contributed by atoms with van der Waals surface area (Å²) in [5.74, 6) is 1.28. The van der Waals surface area contributed by atoms with E-state index in [-0.39, 0.29) is 23.5 Å². The lowest BCUT2D eigenvalue weighted by molar-refractivity contribution is -0.00576. The molecule has 1 fully saturated rings. The first-order valence-electron chi connectivity index (χ1n) is 10.6. The Labute approximate surface area is 176 Å². The fourth-order valence-corrected chi connectivity index (χ4v) is 4.30. The molecule has 2 N–H and O–H groups in total. The molecule has 0 bridgehead atoms. The molecule has 3 heterocycles. The summed E-state index contributed by atoms with van der Waals surface area (Å²) >= 11 is 0. The smallest absolute Gasteiger partial charge is 0.255 e. The average Bonchev–Trinajstić information content (AvgIpc) is 2.70. The number of anilines is 1. The zero-order valence-corrected chi connectivity index (χ0v) is 17.9. The van der Waals surface area contributed by atoms with Crippen molar-refractivity contribution in [3.63, 3.8) is 0 Å². The lowest BCUT2D eigenvalue weighted by atomic mass is 10.1. The number of H-pyrrole nitrogens is 1. The van der Waals surface area contributed by atoms with Gasteiger partial charge in [-0.2, -0.15) is 0 Å². The lowest BCUT2D eigenvalue weighted by Crippen LogP contribution is -2.47. The molecule has 0 unspecified atom stereocenters. The van der Waals surface area contributed by atoms with Crippen LogP contribution >= 0.6 is 0 Å². The van der Waals surface area contributed by atoms with Crippen LogP contribution < -0.4 is 15.2 Å². The minimum absolute atomic E-state index is 0.0373. The number of morpholine rings is 1. The fourth-order valence-electron chi connectivity index (χ4n) is 4.30. The molecule has 2 aromatic rings. The van der Waals surface area contributed by atoms with E-state index < -0.39 is 0 Å². The molecule has 0 radical (unpaired) electrons. The molecule has 2 atom stereocenters. The van der Waals surface area contributed by atoms with E-state index in [0.717, 1.165) is 23.4 Å². The first kappa shape index (κ1) is 20.7. The number of phenols is 1. The number of rotatable bonds is 5. The lowest BCUT2D eigenvalue weighted by Gasteiger charge is -2.36. The van der Waals surface area contributed by atoms with Gasteiger partial charge in [0.2, 0.25) is 5.95 Å². The SMILES string of the molecule is CCOc1cc(CN2CCc3c(nc(N4C[C@@H](C)O[C@H](C)C4)[nH]c3=O)C2)ccc1O.